The lowest BCUT2D eigenvalue weighted by Crippen LogP contribution is -2.45. The number of aromatic nitrogens is 1. The van der Waals surface area contributed by atoms with E-state index in [-0.39, 0.29) is 0 Å². The Bertz CT molecular complexity index is 607. The van der Waals surface area contributed by atoms with E-state index in [2.05, 4.69) is 9.88 Å². The Labute approximate surface area is 129 Å². The van der Waals surface area contributed by atoms with Crippen molar-refractivity contribution in [3.05, 3.63) is 41.4 Å². The molecule has 1 aliphatic rings. The molecule has 0 bridgehead atoms. The molecule has 112 valence electrons. The van der Waals surface area contributed by atoms with E-state index in [9.17, 15) is 5.11 Å². The van der Waals surface area contributed by atoms with E-state index in [4.69, 9.17) is 16.0 Å². The second-order valence-electron chi connectivity index (χ2n) is 5.94. The molecule has 1 saturated heterocycles. The van der Waals surface area contributed by atoms with Crippen LogP contribution in [0.4, 0.5) is 0 Å². The molecular formula is C16H19ClN2O2. The van der Waals surface area contributed by atoms with Gasteiger partial charge in [0, 0.05) is 17.1 Å². The molecule has 0 radical (unpaired) electrons. The average molecular weight is 307 g/mol. The summed E-state index contributed by atoms with van der Waals surface area (Å²) in [6, 6.07) is 7.50. The van der Waals surface area contributed by atoms with Gasteiger partial charge < -0.3 is 9.52 Å². The van der Waals surface area contributed by atoms with Crippen molar-refractivity contribution < 1.29 is 9.52 Å². The minimum absolute atomic E-state index is 0.607. The topological polar surface area (TPSA) is 49.5 Å². The number of oxazole rings is 1. The van der Waals surface area contributed by atoms with Gasteiger partial charge >= 0.3 is 0 Å². The van der Waals surface area contributed by atoms with Crippen molar-refractivity contribution in [2.24, 2.45) is 0 Å². The summed E-state index contributed by atoms with van der Waals surface area (Å²) in [5.41, 5.74) is 0.355. The van der Waals surface area contributed by atoms with Gasteiger partial charge in [-0.15, -0.1) is 0 Å². The van der Waals surface area contributed by atoms with E-state index >= 15 is 0 Å². The molecule has 21 heavy (non-hydrogen) atoms. The van der Waals surface area contributed by atoms with Crippen molar-refractivity contribution in [3.8, 4) is 11.3 Å². The highest BCUT2D eigenvalue weighted by Gasteiger charge is 2.28. The standard InChI is InChI=1S/C16H19ClN2O2/c1-16(20)7-2-8-19(11-16)10-15-18-9-14(21-15)12-3-5-13(17)6-4-12/h3-6,9,20H,2,7-8,10-11H2,1H3. The zero-order chi connectivity index (χ0) is 14.9. The Balaban J connectivity index is 1.69. The highest BCUT2D eigenvalue weighted by molar-refractivity contribution is 6.30. The van der Waals surface area contributed by atoms with Gasteiger partial charge in [-0.3, -0.25) is 4.90 Å². The fourth-order valence-electron chi connectivity index (χ4n) is 2.78. The maximum Gasteiger partial charge on any atom is 0.209 e. The molecule has 4 nitrogen and oxygen atoms in total. The molecule has 1 unspecified atom stereocenters. The lowest BCUT2D eigenvalue weighted by atomic mass is 9.95. The first-order valence-electron chi connectivity index (χ1n) is 7.17. The van der Waals surface area contributed by atoms with Crippen molar-refractivity contribution >= 4 is 11.6 Å². The molecule has 0 aliphatic carbocycles. The molecule has 1 N–H and O–H groups in total. The average Bonchev–Trinajstić information content (AvgIpc) is 2.87. The van der Waals surface area contributed by atoms with Crippen molar-refractivity contribution in [3.63, 3.8) is 0 Å². The second kappa shape index (κ2) is 5.79. The van der Waals surface area contributed by atoms with E-state index in [0.717, 1.165) is 30.7 Å². The fraction of sp³-hybridized carbons (Fsp3) is 0.438. The predicted octanol–water partition coefficient (Wildman–Crippen LogP) is 3.34. The summed E-state index contributed by atoms with van der Waals surface area (Å²) in [7, 11) is 0. The van der Waals surface area contributed by atoms with Gasteiger partial charge in [-0.1, -0.05) is 11.6 Å². The van der Waals surface area contributed by atoms with Crippen LogP contribution in [0, 0.1) is 0 Å². The molecule has 1 aromatic heterocycles. The Morgan fingerprint density at radius 3 is 2.86 bits per heavy atom. The zero-order valence-electron chi connectivity index (χ0n) is 12.1. The number of benzene rings is 1. The second-order valence-corrected chi connectivity index (χ2v) is 6.37. The number of piperidine rings is 1. The largest absolute Gasteiger partial charge is 0.439 e. The van der Waals surface area contributed by atoms with Crippen molar-refractivity contribution in [2.75, 3.05) is 13.1 Å². The monoisotopic (exact) mass is 306 g/mol. The maximum absolute atomic E-state index is 10.1. The van der Waals surface area contributed by atoms with Gasteiger partial charge in [0.2, 0.25) is 5.89 Å². The summed E-state index contributed by atoms with van der Waals surface area (Å²) in [5.74, 6) is 1.42. The molecule has 1 atom stereocenters. The summed E-state index contributed by atoms with van der Waals surface area (Å²) >= 11 is 5.88. The maximum atomic E-state index is 10.1. The van der Waals surface area contributed by atoms with Gasteiger partial charge in [-0.25, -0.2) is 4.98 Å². The molecule has 2 aromatic rings. The van der Waals surface area contributed by atoms with E-state index in [1.165, 1.54) is 0 Å². The Morgan fingerprint density at radius 2 is 2.14 bits per heavy atom. The number of β-amino-alcohol motifs (C(OH)–C–C–N with tert-alkyl or cyclic N) is 1. The van der Waals surface area contributed by atoms with E-state index in [1.807, 2.05) is 31.2 Å². The van der Waals surface area contributed by atoms with Gasteiger partial charge in [0.1, 0.15) is 0 Å². The number of aliphatic hydroxyl groups is 1. The van der Waals surface area contributed by atoms with Gasteiger partial charge in [-0.2, -0.15) is 0 Å². The Kier molecular flexibility index (Phi) is 4.02. The molecule has 1 aliphatic heterocycles. The summed E-state index contributed by atoms with van der Waals surface area (Å²) < 4.78 is 5.80. The molecule has 0 amide bonds. The third-order valence-corrected chi connectivity index (χ3v) is 4.05. The van der Waals surface area contributed by atoms with Crippen LogP contribution in [-0.2, 0) is 6.54 Å². The smallest absolute Gasteiger partial charge is 0.209 e. The normalized spacial score (nSPS) is 23.4. The Hall–Kier alpha value is -1.36. The first-order chi connectivity index (χ1) is 10.0. The number of nitrogens with zero attached hydrogens (tertiary/aromatic N) is 2. The Morgan fingerprint density at radius 1 is 1.38 bits per heavy atom. The molecule has 0 saturated carbocycles. The number of likely N-dealkylation sites (tertiary alicyclic amines) is 1. The van der Waals surface area contributed by atoms with Gasteiger partial charge in [0.25, 0.3) is 0 Å². The zero-order valence-corrected chi connectivity index (χ0v) is 12.8. The van der Waals surface area contributed by atoms with E-state index in [1.54, 1.807) is 6.20 Å². The summed E-state index contributed by atoms with van der Waals surface area (Å²) in [6.45, 7) is 4.14. The van der Waals surface area contributed by atoms with E-state index in [0.29, 0.717) is 24.0 Å². The number of rotatable bonds is 3. The highest BCUT2D eigenvalue weighted by Crippen LogP contribution is 2.25. The van der Waals surface area contributed by atoms with Crippen LogP contribution in [0.1, 0.15) is 25.7 Å². The van der Waals surface area contributed by atoms with Crippen LogP contribution in [0.15, 0.2) is 34.9 Å². The minimum Gasteiger partial charge on any atom is -0.439 e. The van der Waals surface area contributed by atoms with Gasteiger partial charge in [-0.05, 0) is 50.6 Å². The first-order valence-corrected chi connectivity index (χ1v) is 7.55. The van der Waals surface area contributed by atoms with Gasteiger partial charge in [0.15, 0.2) is 5.76 Å². The predicted molar refractivity (Wildman–Crippen MR) is 82.1 cm³/mol. The van der Waals surface area contributed by atoms with Gasteiger partial charge in [0.05, 0.1) is 18.3 Å². The minimum atomic E-state index is -0.607. The van der Waals surface area contributed by atoms with Crippen LogP contribution in [0.3, 0.4) is 0 Å². The lowest BCUT2D eigenvalue weighted by molar-refractivity contribution is -0.0202. The molecule has 2 heterocycles. The molecule has 0 spiro atoms. The lowest BCUT2D eigenvalue weighted by Gasteiger charge is -2.36. The van der Waals surface area contributed by atoms with Crippen molar-refractivity contribution in [2.45, 2.75) is 31.9 Å². The van der Waals surface area contributed by atoms with Crippen LogP contribution in [0.2, 0.25) is 5.02 Å². The summed E-state index contributed by atoms with van der Waals surface area (Å²) in [4.78, 5) is 6.52. The van der Waals surface area contributed by atoms with Crippen LogP contribution < -0.4 is 0 Å². The third kappa shape index (κ3) is 3.64. The van der Waals surface area contributed by atoms with Crippen LogP contribution in [0.5, 0.6) is 0 Å². The molecule has 5 heteroatoms. The van der Waals surface area contributed by atoms with Crippen molar-refractivity contribution in [1.82, 2.24) is 9.88 Å². The number of hydrogen-bond donors (Lipinski definition) is 1. The number of halogens is 1. The molecular weight excluding hydrogens is 288 g/mol. The first kappa shape index (κ1) is 14.6. The highest BCUT2D eigenvalue weighted by atomic mass is 35.5. The summed E-state index contributed by atoms with van der Waals surface area (Å²) in [5, 5.41) is 10.8. The quantitative estimate of drug-likeness (QED) is 0.945. The number of hydrogen-bond acceptors (Lipinski definition) is 4. The van der Waals surface area contributed by atoms with Crippen LogP contribution in [-0.4, -0.2) is 33.7 Å². The van der Waals surface area contributed by atoms with E-state index < -0.39 is 5.60 Å². The molecule has 3 rings (SSSR count). The van der Waals surface area contributed by atoms with Crippen LogP contribution >= 0.6 is 11.6 Å². The molecule has 1 fully saturated rings. The SMILES string of the molecule is CC1(O)CCCN(Cc2ncc(-c3ccc(Cl)cc3)o2)C1. The van der Waals surface area contributed by atoms with Crippen molar-refractivity contribution in [1.29, 1.82) is 0 Å². The third-order valence-electron chi connectivity index (χ3n) is 3.80. The van der Waals surface area contributed by atoms with Crippen LogP contribution in [0.25, 0.3) is 11.3 Å². The summed E-state index contributed by atoms with van der Waals surface area (Å²) in [6.07, 6.45) is 3.59. The fourth-order valence-corrected chi connectivity index (χ4v) is 2.91. The molecule has 1 aromatic carbocycles.